The molecule has 1 rings (SSSR count). The lowest BCUT2D eigenvalue weighted by Gasteiger charge is -2.12. The quantitative estimate of drug-likeness (QED) is 0.575. The molecular formula is C10H13F2NO2. The Labute approximate surface area is 86.7 Å². The van der Waals surface area contributed by atoms with Crippen LogP contribution < -0.4 is 5.32 Å². The first-order chi connectivity index (χ1) is 7.15. The monoisotopic (exact) mass is 217 g/mol. The van der Waals surface area contributed by atoms with Gasteiger partial charge < -0.3 is 9.84 Å². The summed E-state index contributed by atoms with van der Waals surface area (Å²) < 4.78 is 30.1. The number of hydrogen-bond donors (Lipinski definition) is 2. The lowest BCUT2D eigenvalue weighted by atomic mass is 10.2. The van der Waals surface area contributed by atoms with Crippen LogP contribution in [0.25, 0.3) is 0 Å². The summed E-state index contributed by atoms with van der Waals surface area (Å²) in [5.41, 5.74) is 0.282. The Morgan fingerprint density at radius 2 is 2.13 bits per heavy atom. The first kappa shape index (κ1) is 12.0. The van der Waals surface area contributed by atoms with Gasteiger partial charge in [-0.3, -0.25) is 5.32 Å². The van der Waals surface area contributed by atoms with Crippen LogP contribution >= 0.6 is 0 Å². The van der Waals surface area contributed by atoms with E-state index in [0.29, 0.717) is 13.2 Å². The highest BCUT2D eigenvalue weighted by atomic mass is 19.2. The highest BCUT2D eigenvalue weighted by Crippen LogP contribution is 2.13. The van der Waals surface area contributed by atoms with E-state index in [9.17, 15) is 13.9 Å². The maximum absolute atomic E-state index is 12.8. The normalized spacial score (nSPS) is 12.8. The van der Waals surface area contributed by atoms with E-state index in [4.69, 9.17) is 4.74 Å². The van der Waals surface area contributed by atoms with Crippen molar-refractivity contribution in [2.45, 2.75) is 6.23 Å². The smallest absolute Gasteiger partial charge is 0.159 e. The van der Waals surface area contributed by atoms with Gasteiger partial charge in [0.25, 0.3) is 0 Å². The van der Waals surface area contributed by atoms with E-state index in [2.05, 4.69) is 5.32 Å². The molecule has 1 aromatic rings. The van der Waals surface area contributed by atoms with Crippen LogP contribution in [0.15, 0.2) is 18.2 Å². The molecule has 2 N–H and O–H groups in total. The molecule has 0 saturated heterocycles. The second-order valence-electron chi connectivity index (χ2n) is 3.02. The second kappa shape index (κ2) is 5.75. The maximum Gasteiger partial charge on any atom is 0.159 e. The van der Waals surface area contributed by atoms with Crippen molar-refractivity contribution in [2.75, 3.05) is 20.3 Å². The largest absolute Gasteiger partial charge is 0.383 e. The summed E-state index contributed by atoms with van der Waals surface area (Å²) in [5, 5.41) is 12.2. The Balaban J connectivity index is 2.57. The van der Waals surface area contributed by atoms with Gasteiger partial charge in [0.2, 0.25) is 0 Å². The van der Waals surface area contributed by atoms with Gasteiger partial charge in [-0.25, -0.2) is 8.78 Å². The third-order valence-electron chi connectivity index (χ3n) is 1.90. The minimum Gasteiger partial charge on any atom is -0.383 e. The van der Waals surface area contributed by atoms with E-state index in [1.54, 1.807) is 0 Å². The number of hydrogen-bond acceptors (Lipinski definition) is 3. The molecule has 0 spiro atoms. The fourth-order valence-electron chi connectivity index (χ4n) is 1.10. The molecular weight excluding hydrogens is 204 g/mol. The molecule has 15 heavy (non-hydrogen) atoms. The van der Waals surface area contributed by atoms with Crippen molar-refractivity contribution in [3.63, 3.8) is 0 Å². The van der Waals surface area contributed by atoms with Gasteiger partial charge in [0.1, 0.15) is 6.23 Å². The Kier molecular flexibility index (Phi) is 4.61. The average molecular weight is 217 g/mol. The van der Waals surface area contributed by atoms with E-state index in [1.807, 2.05) is 0 Å². The molecule has 5 heteroatoms. The number of halogens is 2. The molecule has 1 aromatic carbocycles. The van der Waals surface area contributed by atoms with Gasteiger partial charge in [0, 0.05) is 13.7 Å². The summed E-state index contributed by atoms with van der Waals surface area (Å²) in [6.45, 7) is 0.859. The number of nitrogens with one attached hydrogen (secondary N) is 1. The van der Waals surface area contributed by atoms with Gasteiger partial charge in [-0.05, 0) is 17.7 Å². The third-order valence-corrected chi connectivity index (χ3v) is 1.90. The van der Waals surface area contributed by atoms with E-state index < -0.39 is 17.9 Å². The number of benzene rings is 1. The van der Waals surface area contributed by atoms with Crippen LogP contribution in [0.5, 0.6) is 0 Å². The van der Waals surface area contributed by atoms with Crippen molar-refractivity contribution < 1.29 is 18.6 Å². The fraction of sp³-hybridized carbons (Fsp3) is 0.400. The van der Waals surface area contributed by atoms with Crippen LogP contribution in [0.4, 0.5) is 8.78 Å². The van der Waals surface area contributed by atoms with Crippen molar-refractivity contribution in [2.24, 2.45) is 0 Å². The van der Waals surface area contributed by atoms with E-state index in [-0.39, 0.29) is 5.56 Å². The molecule has 1 atom stereocenters. The zero-order valence-electron chi connectivity index (χ0n) is 8.34. The topological polar surface area (TPSA) is 41.5 Å². The highest BCUT2D eigenvalue weighted by molar-refractivity contribution is 5.19. The number of ether oxygens (including phenoxy) is 1. The van der Waals surface area contributed by atoms with Gasteiger partial charge >= 0.3 is 0 Å². The number of aliphatic hydroxyl groups is 1. The third kappa shape index (κ3) is 3.54. The predicted molar refractivity (Wildman–Crippen MR) is 51.2 cm³/mol. The summed E-state index contributed by atoms with van der Waals surface area (Å²) in [5.74, 6) is -1.90. The molecule has 3 nitrogen and oxygen atoms in total. The van der Waals surface area contributed by atoms with Crippen LogP contribution in [-0.4, -0.2) is 25.4 Å². The van der Waals surface area contributed by atoms with Crippen LogP contribution in [-0.2, 0) is 4.74 Å². The molecule has 84 valence electrons. The van der Waals surface area contributed by atoms with Gasteiger partial charge in [0.15, 0.2) is 11.6 Å². The number of rotatable bonds is 5. The first-order valence-electron chi connectivity index (χ1n) is 4.50. The number of aliphatic hydroxyl groups excluding tert-OH is 1. The van der Waals surface area contributed by atoms with Crippen molar-refractivity contribution >= 4 is 0 Å². The van der Waals surface area contributed by atoms with Crippen LogP contribution in [0.3, 0.4) is 0 Å². The Morgan fingerprint density at radius 1 is 1.40 bits per heavy atom. The molecule has 0 bridgehead atoms. The summed E-state index contributed by atoms with van der Waals surface area (Å²) in [4.78, 5) is 0. The Morgan fingerprint density at radius 3 is 2.73 bits per heavy atom. The molecule has 0 aliphatic rings. The lowest BCUT2D eigenvalue weighted by molar-refractivity contribution is 0.119. The van der Waals surface area contributed by atoms with Gasteiger partial charge in [-0.2, -0.15) is 0 Å². The summed E-state index contributed by atoms with van der Waals surface area (Å²) >= 11 is 0. The zero-order valence-corrected chi connectivity index (χ0v) is 8.34. The standard InChI is InChI=1S/C10H13F2NO2/c1-15-5-4-13-10(14)7-2-3-8(11)9(12)6-7/h2-3,6,10,13-14H,4-5H2,1H3. The Hall–Kier alpha value is -1.04. The van der Waals surface area contributed by atoms with E-state index in [1.165, 1.54) is 13.2 Å². The molecule has 0 aliphatic heterocycles. The molecule has 1 unspecified atom stereocenters. The SMILES string of the molecule is COCCNC(O)c1ccc(F)c(F)c1. The highest BCUT2D eigenvalue weighted by Gasteiger charge is 2.09. The van der Waals surface area contributed by atoms with Gasteiger partial charge in [0.05, 0.1) is 6.61 Å². The molecule has 0 amide bonds. The fourth-order valence-corrected chi connectivity index (χ4v) is 1.10. The second-order valence-corrected chi connectivity index (χ2v) is 3.02. The van der Waals surface area contributed by atoms with Gasteiger partial charge in [-0.15, -0.1) is 0 Å². The summed E-state index contributed by atoms with van der Waals surface area (Å²) in [7, 11) is 1.53. The van der Waals surface area contributed by atoms with E-state index >= 15 is 0 Å². The predicted octanol–water partition coefficient (Wildman–Crippen LogP) is 1.19. The molecule has 0 radical (unpaired) electrons. The molecule has 0 aliphatic carbocycles. The average Bonchev–Trinajstić information content (AvgIpc) is 2.22. The first-order valence-corrected chi connectivity index (χ1v) is 4.50. The number of methoxy groups -OCH3 is 1. The van der Waals surface area contributed by atoms with E-state index in [0.717, 1.165) is 12.1 Å². The van der Waals surface area contributed by atoms with Crippen LogP contribution in [0, 0.1) is 11.6 Å². The van der Waals surface area contributed by atoms with Crippen molar-refractivity contribution in [3.8, 4) is 0 Å². The minimum absolute atomic E-state index is 0.282. The van der Waals surface area contributed by atoms with Gasteiger partial charge in [-0.1, -0.05) is 6.07 Å². The molecule has 0 fully saturated rings. The lowest BCUT2D eigenvalue weighted by Crippen LogP contribution is -2.24. The van der Waals surface area contributed by atoms with Crippen molar-refractivity contribution in [1.29, 1.82) is 0 Å². The van der Waals surface area contributed by atoms with Crippen molar-refractivity contribution in [3.05, 3.63) is 35.4 Å². The summed E-state index contributed by atoms with van der Waals surface area (Å²) in [6.07, 6.45) is -1.02. The Bertz CT molecular complexity index is 320. The van der Waals surface area contributed by atoms with Crippen molar-refractivity contribution in [1.82, 2.24) is 5.32 Å². The van der Waals surface area contributed by atoms with Crippen LogP contribution in [0.2, 0.25) is 0 Å². The van der Waals surface area contributed by atoms with Crippen LogP contribution in [0.1, 0.15) is 11.8 Å². The maximum atomic E-state index is 12.8. The summed E-state index contributed by atoms with van der Waals surface area (Å²) in [6, 6.07) is 3.26. The molecule has 0 heterocycles. The zero-order chi connectivity index (χ0) is 11.3. The minimum atomic E-state index is -1.02. The molecule has 0 aromatic heterocycles. The molecule has 0 saturated carbocycles.